The standard InChI is InChI=1S/C20H21NO2S.C2H2O4/c1-3-7-18-16(5-1)15-20(17-6-2-4-8-19(17)23-18)24-14-11-21-9-12-22-13-10-21;3-1(4)2(5)6/h1-8,15H,9-14H2;(H,3,4)(H,5,6). The zero-order valence-electron chi connectivity index (χ0n) is 16.3. The fraction of sp³-hybridized carbons (Fsp3) is 0.273. The van der Waals surface area contributed by atoms with E-state index in [0.717, 1.165) is 55.7 Å². The lowest BCUT2D eigenvalue weighted by atomic mass is 10.1. The normalized spacial score (nSPS) is 15.3. The smallest absolute Gasteiger partial charge is 0.414 e. The molecule has 1 saturated heterocycles. The number of nitrogens with zero attached hydrogens (tertiary/aromatic N) is 1. The highest BCUT2D eigenvalue weighted by Gasteiger charge is 2.17. The molecule has 2 aliphatic rings. The second kappa shape index (κ2) is 10.8. The van der Waals surface area contributed by atoms with E-state index in [1.165, 1.54) is 10.5 Å². The van der Waals surface area contributed by atoms with Gasteiger partial charge in [-0.2, -0.15) is 0 Å². The number of thioether (sulfide) groups is 1. The number of carbonyl (C=O) groups is 2. The summed E-state index contributed by atoms with van der Waals surface area (Å²) in [6.45, 7) is 4.90. The van der Waals surface area contributed by atoms with Crippen molar-refractivity contribution in [2.45, 2.75) is 0 Å². The fourth-order valence-corrected chi connectivity index (χ4v) is 4.12. The van der Waals surface area contributed by atoms with Crippen LogP contribution in [0.1, 0.15) is 11.1 Å². The molecule has 4 rings (SSSR count). The summed E-state index contributed by atoms with van der Waals surface area (Å²) in [7, 11) is 0. The highest BCUT2D eigenvalue weighted by Crippen LogP contribution is 2.42. The van der Waals surface area contributed by atoms with Gasteiger partial charge in [0.15, 0.2) is 0 Å². The molecular weight excluding hydrogens is 406 g/mol. The van der Waals surface area contributed by atoms with Gasteiger partial charge in [-0.1, -0.05) is 36.4 Å². The van der Waals surface area contributed by atoms with E-state index in [4.69, 9.17) is 29.3 Å². The summed E-state index contributed by atoms with van der Waals surface area (Å²) >= 11 is 1.91. The quantitative estimate of drug-likeness (QED) is 0.713. The molecule has 0 unspecified atom stereocenters. The van der Waals surface area contributed by atoms with Crippen LogP contribution in [-0.4, -0.2) is 65.7 Å². The first kappa shape index (κ1) is 21.9. The Kier molecular flexibility index (Phi) is 7.89. The third kappa shape index (κ3) is 6.09. The van der Waals surface area contributed by atoms with Gasteiger partial charge in [-0.15, -0.1) is 11.8 Å². The van der Waals surface area contributed by atoms with Crippen molar-refractivity contribution in [1.29, 1.82) is 0 Å². The number of aliphatic carboxylic acids is 2. The van der Waals surface area contributed by atoms with Gasteiger partial charge >= 0.3 is 11.9 Å². The molecule has 0 bridgehead atoms. The molecule has 158 valence electrons. The van der Waals surface area contributed by atoms with Crippen molar-refractivity contribution in [1.82, 2.24) is 4.90 Å². The van der Waals surface area contributed by atoms with Crippen LogP contribution in [0.4, 0.5) is 0 Å². The molecule has 0 atom stereocenters. The van der Waals surface area contributed by atoms with Crippen molar-refractivity contribution in [3.05, 3.63) is 59.7 Å². The van der Waals surface area contributed by atoms with E-state index in [2.05, 4.69) is 35.2 Å². The molecule has 0 amide bonds. The summed E-state index contributed by atoms with van der Waals surface area (Å²) in [5.41, 5.74) is 2.32. The fourth-order valence-electron chi connectivity index (χ4n) is 3.02. The highest BCUT2D eigenvalue weighted by atomic mass is 32.2. The van der Waals surface area contributed by atoms with Gasteiger partial charge in [0.25, 0.3) is 0 Å². The van der Waals surface area contributed by atoms with Gasteiger partial charge in [-0.05, 0) is 18.2 Å². The Balaban J connectivity index is 0.000000377. The van der Waals surface area contributed by atoms with Gasteiger partial charge in [-0.25, -0.2) is 9.59 Å². The number of ether oxygens (including phenoxy) is 2. The number of fused-ring (bicyclic) bond motifs is 2. The van der Waals surface area contributed by atoms with Crippen LogP contribution in [0.2, 0.25) is 0 Å². The molecule has 2 aromatic carbocycles. The minimum absolute atomic E-state index is 0.859. The average Bonchev–Trinajstić information content (AvgIpc) is 2.91. The number of hydrogen-bond acceptors (Lipinski definition) is 6. The number of para-hydroxylation sites is 2. The minimum atomic E-state index is -1.82. The highest BCUT2D eigenvalue weighted by molar-refractivity contribution is 8.08. The molecule has 2 aromatic rings. The largest absolute Gasteiger partial charge is 0.473 e. The second-order valence-corrected chi connectivity index (χ2v) is 7.69. The summed E-state index contributed by atoms with van der Waals surface area (Å²) in [6, 6.07) is 16.5. The molecule has 1 fully saturated rings. The third-order valence-corrected chi connectivity index (χ3v) is 5.57. The summed E-state index contributed by atoms with van der Waals surface area (Å²) < 4.78 is 11.6. The molecule has 0 radical (unpaired) electrons. The number of carboxylic acids is 2. The lowest BCUT2D eigenvalue weighted by Crippen LogP contribution is -2.37. The first-order valence-electron chi connectivity index (χ1n) is 9.51. The van der Waals surface area contributed by atoms with Gasteiger partial charge in [0, 0.05) is 41.4 Å². The zero-order chi connectivity index (χ0) is 21.3. The van der Waals surface area contributed by atoms with Crippen LogP contribution in [0, 0.1) is 0 Å². The van der Waals surface area contributed by atoms with Gasteiger partial charge in [0.1, 0.15) is 11.5 Å². The predicted octanol–water partition coefficient (Wildman–Crippen LogP) is 3.51. The van der Waals surface area contributed by atoms with Crippen LogP contribution in [0.3, 0.4) is 0 Å². The van der Waals surface area contributed by atoms with E-state index in [9.17, 15) is 0 Å². The van der Waals surface area contributed by atoms with Crippen LogP contribution in [0.5, 0.6) is 11.5 Å². The van der Waals surface area contributed by atoms with Crippen molar-refractivity contribution >= 4 is 34.7 Å². The molecule has 0 aromatic heterocycles. The Hall–Kier alpha value is -2.81. The minimum Gasteiger partial charge on any atom is -0.473 e. The summed E-state index contributed by atoms with van der Waals surface area (Å²) in [5.74, 6) is -0.714. The molecule has 2 N–H and O–H groups in total. The number of morpholine rings is 1. The van der Waals surface area contributed by atoms with Crippen molar-refractivity contribution in [3.63, 3.8) is 0 Å². The first-order valence-corrected chi connectivity index (χ1v) is 10.5. The van der Waals surface area contributed by atoms with Gasteiger partial charge in [0.05, 0.1) is 13.2 Å². The van der Waals surface area contributed by atoms with E-state index in [1.54, 1.807) is 0 Å². The van der Waals surface area contributed by atoms with E-state index < -0.39 is 11.9 Å². The Morgan fingerprint density at radius 1 is 0.933 bits per heavy atom. The van der Waals surface area contributed by atoms with Crippen LogP contribution in [0.25, 0.3) is 11.0 Å². The molecule has 2 heterocycles. The van der Waals surface area contributed by atoms with Crippen molar-refractivity contribution in [2.24, 2.45) is 0 Å². The summed E-state index contributed by atoms with van der Waals surface area (Å²) in [6.07, 6.45) is 2.26. The van der Waals surface area contributed by atoms with Crippen molar-refractivity contribution in [2.75, 3.05) is 38.6 Å². The second-order valence-electron chi connectivity index (χ2n) is 6.56. The molecule has 0 saturated carbocycles. The molecule has 7 nitrogen and oxygen atoms in total. The predicted molar refractivity (Wildman–Crippen MR) is 116 cm³/mol. The molecule has 8 heteroatoms. The lowest BCUT2D eigenvalue weighted by Gasteiger charge is -2.26. The topological polar surface area (TPSA) is 96.3 Å². The Bertz CT molecular complexity index is 911. The Labute approximate surface area is 178 Å². The zero-order valence-corrected chi connectivity index (χ0v) is 17.1. The first-order chi connectivity index (χ1) is 14.5. The van der Waals surface area contributed by atoms with E-state index in [1.807, 2.05) is 36.0 Å². The average molecular weight is 429 g/mol. The maximum atomic E-state index is 9.10. The van der Waals surface area contributed by atoms with E-state index in [-0.39, 0.29) is 0 Å². The monoisotopic (exact) mass is 429 g/mol. The Morgan fingerprint density at radius 3 is 2.27 bits per heavy atom. The Morgan fingerprint density at radius 2 is 1.57 bits per heavy atom. The number of rotatable bonds is 4. The molecule has 30 heavy (non-hydrogen) atoms. The van der Waals surface area contributed by atoms with Crippen molar-refractivity contribution in [3.8, 4) is 11.5 Å². The van der Waals surface area contributed by atoms with Crippen LogP contribution < -0.4 is 4.74 Å². The summed E-state index contributed by atoms with van der Waals surface area (Å²) in [4.78, 5) is 22.0. The van der Waals surface area contributed by atoms with Gasteiger partial charge < -0.3 is 19.7 Å². The SMILES string of the molecule is C1=C(SCCN2CCOCC2)c2ccccc2Oc2ccccc21.O=C(O)C(=O)O. The van der Waals surface area contributed by atoms with E-state index in [0.29, 0.717) is 0 Å². The molecule has 0 aliphatic carbocycles. The van der Waals surface area contributed by atoms with Crippen molar-refractivity contribution < 1.29 is 29.3 Å². The van der Waals surface area contributed by atoms with Crippen LogP contribution in [-0.2, 0) is 14.3 Å². The van der Waals surface area contributed by atoms with Crippen LogP contribution >= 0.6 is 11.8 Å². The number of carboxylic acid groups (broad SMARTS) is 2. The maximum absolute atomic E-state index is 9.10. The molecule has 2 aliphatic heterocycles. The number of hydrogen-bond donors (Lipinski definition) is 2. The lowest BCUT2D eigenvalue weighted by molar-refractivity contribution is -0.159. The van der Waals surface area contributed by atoms with Gasteiger partial charge in [-0.3, -0.25) is 4.90 Å². The van der Waals surface area contributed by atoms with Gasteiger partial charge in [0.2, 0.25) is 0 Å². The van der Waals surface area contributed by atoms with Crippen LogP contribution in [0.15, 0.2) is 48.5 Å². The summed E-state index contributed by atoms with van der Waals surface area (Å²) in [5, 5.41) is 14.8. The van der Waals surface area contributed by atoms with E-state index >= 15 is 0 Å². The third-order valence-electron chi connectivity index (χ3n) is 4.53. The maximum Gasteiger partial charge on any atom is 0.414 e. The molecular formula is C22H23NO6S. The molecule has 0 spiro atoms. The number of benzene rings is 2.